The van der Waals surface area contributed by atoms with E-state index in [1.54, 1.807) is 4.90 Å². The molecule has 0 unspecified atom stereocenters. The standard InChI is InChI=1S/C14H16N4O2/c1-9-2-4-10(5-3-9)15-14(20)18-7-6-11-12(8-18)16-17-13(11)19/h2-5H,6-8H2,1H3,(H,15,20)(H2,16,17,19). The number of amides is 2. The van der Waals surface area contributed by atoms with Crippen LogP contribution in [0.3, 0.4) is 0 Å². The van der Waals surface area contributed by atoms with Crippen LogP contribution in [0.25, 0.3) is 0 Å². The number of urea groups is 1. The highest BCUT2D eigenvalue weighted by Gasteiger charge is 2.23. The number of fused-ring (bicyclic) bond motifs is 1. The van der Waals surface area contributed by atoms with E-state index in [1.165, 1.54) is 0 Å². The van der Waals surface area contributed by atoms with Crippen molar-refractivity contribution in [1.29, 1.82) is 0 Å². The van der Waals surface area contributed by atoms with Crippen LogP contribution < -0.4 is 10.9 Å². The Bertz CT molecular complexity index is 684. The van der Waals surface area contributed by atoms with E-state index < -0.39 is 0 Å². The van der Waals surface area contributed by atoms with Crippen molar-refractivity contribution in [3.8, 4) is 0 Å². The number of rotatable bonds is 1. The normalized spacial score (nSPS) is 13.9. The predicted molar refractivity (Wildman–Crippen MR) is 75.7 cm³/mol. The lowest BCUT2D eigenvalue weighted by Gasteiger charge is -2.26. The molecule has 2 aromatic rings. The molecule has 1 aliphatic heterocycles. The van der Waals surface area contributed by atoms with E-state index >= 15 is 0 Å². The summed E-state index contributed by atoms with van der Waals surface area (Å²) in [6.45, 7) is 2.97. The topological polar surface area (TPSA) is 81.0 Å². The molecule has 1 aromatic heterocycles. The van der Waals surface area contributed by atoms with Crippen molar-refractivity contribution >= 4 is 11.7 Å². The maximum Gasteiger partial charge on any atom is 0.322 e. The van der Waals surface area contributed by atoms with Gasteiger partial charge in [-0.05, 0) is 25.5 Å². The summed E-state index contributed by atoms with van der Waals surface area (Å²) in [5, 5.41) is 8.24. The lowest BCUT2D eigenvalue weighted by molar-refractivity contribution is 0.205. The molecule has 6 nitrogen and oxygen atoms in total. The third kappa shape index (κ3) is 2.32. The minimum absolute atomic E-state index is 0.0846. The Balaban J connectivity index is 1.70. The number of carbonyl (C=O) groups is 1. The van der Waals surface area contributed by atoms with Crippen LogP contribution in [0.4, 0.5) is 10.5 Å². The van der Waals surface area contributed by atoms with Crippen molar-refractivity contribution in [2.24, 2.45) is 0 Å². The molecular formula is C14H16N4O2. The molecule has 0 aliphatic carbocycles. The number of carbonyl (C=O) groups excluding carboxylic acids is 1. The molecule has 3 N–H and O–H groups in total. The molecule has 0 saturated carbocycles. The fourth-order valence-electron chi connectivity index (χ4n) is 2.35. The number of nitrogens with zero attached hydrogens (tertiary/aromatic N) is 1. The second-order valence-electron chi connectivity index (χ2n) is 5.00. The third-order valence-electron chi connectivity index (χ3n) is 3.54. The molecule has 104 valence electrons. The fraction of sp³-hybridized carbons (Fsp3) is 0.286. The van der Waals surface area contributed by atoms with Crippen LogP contribution in [0, 0.1) is 6.92 Å². The smallest absolute Gasteiger partial charge is 0.318 e. The number of hydrogen-bond acceptors (Lipinski definition) is 2. The van der Waals surface area contributed by atoms with Gasteiger partial charge in [0.1, 0.15) is 0 Å². The van der Waals surface area contributed by atoms with Crippen molar-refractivity contribution in [3.63, 3.8) is 0 Å². The van der Waals surface area contributed by atoms with Gasteiger partial charge < -0.3 is 15.3 Å². The summed E-state index contributed by atoms with van der Waals surface area (Å²) in [4.78, 5) is 25.3. The van der Waals surface area contributed by atoms with Crippen LogP contribution in [0.5, 0.6) is 0 Å². The maximum absolute atomic E-state index is 12.2. The Morgan fingerprint density at radius 3 is 2.75 bits per heavy atom. The van der Waals surface area contributed by atoms with E-state index in [0.29, 0.717) is 19.5 Å². The Hall–Kier alpha value is -2.50. The Labute approximate surface area is 115 Å². The van der Waals surface area contributed by atoms with E-state index in [2.05, 4.69) is 15.5 Å². The quantitative estimate of drug-likeness (QED) is 0.737. The van der Waals surface area contributed by atoms with E-state index in [4.69, 9.17) is 0 Å². The molecule has 1 aliphatic rings. The van der Waals surface area contributed by atoms with Gasteiger partial charge in [0.15, 0.2) is 0 Å². The van der Waals surface area contributed by atoms with Crippen LogP contribution in [0.2, 0.25) is 0 Å². The van der Waals surface area contributed by atoms with Crippen molar-refractivity contribution < 1.29 is 4.79 Å². The molecule has 0 bridgehead atoms. The zero-order valence-corrected chi connectivity index (χ0v) is 11.2. The Morgan fingerprint density at radius 2 is 2.00 bits per heavy atom. The SMILES string of the molecule is Cc1ccc(NC(=O)N2CCc3c([nH][nH]c3=O)C2)cc1. The van der Waals surface area contributed by atoms with Gasteiger partial charge in [-0.3, -0.25) is 9.89 Å². The first kappa shape index (κ1) is 12.5. The van der Waals surface area contributed by atoms with Gasteiger partial charge in [0.05, 0.1) is 12.2 Å². The number of nitrogens with one attached hydrogen (secondary N) is 3. The van der Waals surface area contributed by atoms with Crippen LogP contribution in [0.15, 0.2) is 29.1 Å². The summed E-state index contributed by atoms with van der Waals surface area (Å²) in [6.07, 6.45) is 0.579. The number of anilines is 1. The highest BCUT2D eigenvalue weighted by atomic mass is 16.2. The van der Waals surface area contributed by atoms with Crippen molar-refractivity contribution in [2.45, 2.75) is 19.9 Å². The average Bonchev–Trinajstić information content (AvgIpc) is 2.82. The zero-order chi connectivity index (χ0) is 14.1. The number of aromatic amines is 2. The third-order valence-corrected chi connectivity index (χ3v) is 3.54. The summed E-state index contributed by atoms with van der Waals surface area (Å²) in [6, 6.07) is 7.50. The molecule has 1 aromatic carbocycles. The molecule has 2 amide bonds. The molecular weight excluding hydrogens is 256 g/mol. The molecule has 6 heteroatoms. The first-order valence-electron chi connectivity index (χ1n) is 6.54. The highest BCUT2D eigenvalue weighted by Crippen LogP contribution is 2.15. The molecule has 2 heterocycles. The fourth-order valence-corrected chi connectivity index (χ4v) is 2.35. The van der Waals surface area contributed by atoms with Crippen LogP contribution in [0.1, 0.15) is 16.8 Å². The van der Waals surface area contributed by atoms with Gasteiger partial charge in [0.25, 0.3) is 5.56 Å². The van der Waals surface area contributed by atoms with Crippen molar-refractivity contribution in [1.82, 2.24) is 15.1 Å². The summed E-state index contributed by atoms with van der Waals surface area (Å²) in [5.41, 5.74) is 3.38. The van der Waals surface area contributed by atoms with Crippen molar-refractivity contribution in [2.75, 3.05) is 11.9 Å². The lowest BCUT2D eigenvalue weighted by Crippen LogP contribution is -2.39. The van der Waals surface area contributed by atoms with Gasteiger partial charge in [-0.15, -0.1) is 0 Å². The van der Waals surface area contributed by atoms with Crippen LogP contribution >= 0.6 is 0 Å². The molecule has 0 saturated heterocycles. The van der Waals surface area contributed by atoms with E-state index in [-0.39, 0.29) is 11.6 Å². The summed E-state index contributed by atoms with van der Waals surface area (Å²) >= 11 is 0. The summed E-state index contributed by atoms with van der Waals surface area (Å²) in [7, 11) is 0. The van der Waals surface area contributed by atoms with Gasteiger partial charge >= 0.3 is 6.03 Å². The number of hydrogen-bond donors (Lipinski definition) is 3. The maximum atomic E-state index is 12.2. The molecule has 0 radical (unpaired) electrons. The summed E-state index contributed by atoms with van der Waals surface area (Å²) in [5.74, 6) is 0. The van der Waals surface area contributed by atoms with Gasteiger partial charge in [-0.2, -0.15) is 0 Å². The van der Waals surface area contributed by atoms with Crippen LogP contribution in [-0.4, -0.2) is 27.7 Å². The minimum Gasteiger partial charge on any atom is -0.318 e. The van der Waals surface area contributed by atoms with E-state index in [1.807, 2.05) is 31.2 Å². The summed E-state index contributed by atoms with van der Waals surface area (Å²) < 4.78 is 0. The van der Waals surface area contributed by atoms with Gasteiger partial charge in [-0.25, -0.2) is 4.79 Å². The predicted octanol–water partition coefficient (Wildman–Crippen LogP) is 1.60. The molecule has 3 rings (SSSR count). The van der Waals surface area contributed by atoms with Gasteiger partial charge in [-0.1, -0.05) is 17.7 Å². The second kappa shape index (κ2) is 4.88. The van der Waals surface area contributed by atoms with Gasteiger partial charge in [0, 0.05) is 17.8 Å². The first-order chi connectivity index (χ1) is 9.63. The van der Waals surface area contributed by atoms with Crippen LogP contribution in [-0.2, 0) is 13.0 Å². The second-order valence-corrected chi connectivity index (χ2v) is 5.00. The number of benzene rings is 1. The lowest BCUT2D eigenvalue weighted by atomic mass is 10.1. The largest absolute Gasteiger partial charge is 0.322 e. The Morgan fingerprint density at radius 1 is 1.25 bits per heavy atom. The Kier molecular flexibility index (Phi) is 3.06. The highest BCUT2D eigenvalue weighted by molar-refractivity contribution is 5.89. The number of aromatic nitrogens is 2. The minimum atomic E-state index is -0.151. The van der Waals surface area contributed by atoms with E-state index in [9.17, 15) is 9.59 Å². The van der Waals surface area contributed by atoms with E-state index in [0.717, 1.165) is 22.5 Å². The number of aryl methyl sites for hydroxylation is 1. The average molecular weight is 272 g/mol. The molecule has 20 heavy (non-hydrogen) atoms. The van der Waals surface area contributed by atoms with Crippen molar-refractivity contribution in [3.05, 3.63) is 51.4 Å². The molecule has 0 fully saturated rings. The number of H-pyrrole nitrogens is 2. The molecule has 0 atom stereocenters. The zero-order valence-electron chi connectivity index (χ0n) is 11.2. The first-order valence-corrected chi connectivity index (χ1v) is 6.54. The molecule has 0 spiro atoms. The monoisotopic (exact) mass is 272 g/mol. The van der Waals surface area contributed by atoms with Gasteiger partial charge in [0.2, 0.25) is 0 Å².